The van der Waals surface area contributed by atoms with Crippen LogP contribution >= 0.6 is 0 Å². The van der Waals surface area contributed by atoms with Gasteiger partial charge in [-0.05, 0) is 18.2 Å². The quantitative estimate of drug-likeness (QED) is 0.372. The van der Waals surface area contributed by atoms with Gasteiger partial charge in [-0.2, -0.15) is 8.42 Å². The van der Waals surface area contributed by atoms with E-state index in [-0.39, 0.29) is 35.9 Å². The van der Waals surface area contributed by atoms with Crippen molar-refractivity contribution in [2.24, 2.45) is 0 Å². The number of amides is 1. The zero-order valence-corrected chi connectivity index (χ0v) is 11.5. The second kappa shape index (κ2) is 6.82. The van der Waals surface area contributed by atoms with Crippen LogP contribution in [0, 0.1) is 0 Å². The fourth-order valence-corrected chi connectivity index (χ4v) is 1.55. The van der Waals surface area contributed by atoms with Crippen LogP contribution in [0.4, 0.5) is 0 Å². The van der Waals surface area contributed by atoms with Gasteiger partial charge in [-0.1, -0.05) is 24.8 Å². The summed E-state index contributed by atoms with van der Waals surface area (Å²) in [7, 11) is -3.95. The summed E-state index contributed by atoms with van der Waals surface area (Å²) in [5.41, 5.74) is 1.73. The van der Waals surface area contributed by atoms with E-state index in [0.29, 0.717) is 0 Å². The normalized spacial score (nSPS) is 10.0. The molecule has 0 aliphatic heterocycles. The Morgan fingerprint density at radius 3 is 2.44 bits per heavy atom. The number of hydrogen-bond donors (Lipinski definition) is 1. The molecule has 0 fully saturated rings. The molecule has 0 saturated carbocycles. The average Bonchev–Trinajstić information content (AvgIpc) is 2.27. The van der Waals surface area contributed by atoms with Gasteiger partial charge in [0, 0.05) is 0 Å². The van der Waals surface area contributed by atoms with E-state index in [1.54, 1.807) is 23.7 Å². The molecule has 16 heavy (non-hydrogen) atoms. The van der Waals surface area contributed by atoms with E-state index in [9.17, 15) is 13.2 Å². The summed E-state index contributed by atoms with van der Waals surface area (Å²) < 4.78 is 27.0. The fourth-order valence-electron chi connectivity index (χ4n) is 0.773. The summed E-state index contributed by atoms with van der Waals surface area (Å²) in [5, 5.41) is 0. The summed E-state index contributed by atoms with van der Waals surface area (Å²) in [6.07, 6.45) is 0.903. The van der Waals surface area contributed by atoms with Crippen LogP contribution < -0.4 is 35.0 Å². The minimum Gasteiger partial charge on any atom is -1.00 e. The van der Waals surface area contributed by atoms with Gasteiger partial charge < -0.3 is 1.43 Å². The van der Waals surface area contributed by atoms with Gasteiger partial charge in [0.05, 0.1) is 4.90 Å². The van der Waals surface area contributed by atoms with Gasteiger partial charge in [0.15, 0.2) is 0 Å². The predicted octanol–water partition coefficient (Wildman–Crippen LogP) is -2.27. The molecular weight excluding hydrogens is 241 g/mol. The summed E-state index contributed by atoms with van der Waals surface area (Å²) >= 11 is 0. The molecule has 1 aromatic rings. The molecule has 0 spiro atoms. The molecule has 0 aromatic heterocycles. The van der Waals surface area contributed by atoms with Crippen molar-refractivity contribution in [1.29, 1.82) is 0 Å². The smallest absolute Gasteiger partial charge is 1.00 e. The van der Waals surface area contributed by atoms with E-state index in [1.165, 1.54) is 12.1 Å². The number of benzene rings is 1. The summed E-state index contributed by atoms with van der Waals surface area (Å²) in [5.74, 6) is -0.727. The van der Waals surface area contributed by atoms with Crippen LogP contribution in [0.2, 0.25) is 0 Å². The molecule has 0 bridgehead atoms. The minimum atomic E-state index is -3.95. The average molecular weight is 251 g/mol. The van der Waals surface area contributed by atoms with Gasteiger partial charge in [0.2, 0.25) is 0 Å². The Morgan fingerprint density at radius 1 is 1.38 bits per heavy atom. The Balaban J connectivity index is 0. The van der Waals surface area contributed by atoms with Crippen molar-refractivity contribution < 1.29 is 48.5 Å². The molecule has 0 heterocycles. The first kappa shape index (κ1) is 15.3. The second-order valence-corrected chi connectivity index (χ2v) is 4.07. The van der Waals surface area contributed by atoms with E-state index < -0.39 is 16.0 Å². The number of rotatable bonds is 4. The monoisotopic (exact) mass is 251 g/mol. The number of hydrogen-bond acceptors (Lipinski definition) is 4. The van der Waals surface area contributed by atoms with Gasteiger partial charge in [-0.3, -0.25) is 4.79 Å². The zero-order chi connectivity index (χ0) is 11.3. The molecule has 82 valence electrons. The van der Waals surface area contributed by atoms with E-state index in [0.717, 1.165) is 6.08 Å². The van der Waals surface area contributed by atoms with E-state index in [2.05, 4.69) is 10.9 Å². The minimum absolute atomic E-state index is 0. The Hall–Kier alpha value is -0.660. The molecule has 1 aromatic carbocycles. The first-order valence-electron chi connectivity index (χ1n) is 3.97. The molecule has 1 N–H and O–H groups in total. The van der Waals surface area contributed by atoms with Gasteiger partial charge in [0.25, 0.3) is 5.91 Å². The SMILES string of the molecule is C=CC(=O)NOS(=O)(=O)c1ccccc1.[H-].[Na+]. The van der Waals surface area contributed by atoms with E-state index in [1.807, 2.05) is 0 Å². The van der Waals surface area contributed by atoms with Crippen LogP contribution in [-0.2, 0) is 19.2 Å². The van der Waals surface area contributed by atoms with Crippen molar-refractivity contribution in [3.8, 4) is 0 Å². The Bertz CT molecular complexity index is 463. The maximum Gasteiger partial charge on any atom is 1.00 e. The van der Waals surface area contributed by atoms with Gasteiger partial charge >= 0.3 is 39.7 Å². The van der Waals surface area contributed by atoms with Crippen molar-refractivity contribution in [3.63, 3.8) is 0 Å². The molecular formula is C9H10NNaO4S. The third kappa shape index (κ3) is 4.46. The van der Waals surface area contributed by atoms with Crippen LogP contribution in [0.1, 0.15) is 1.43 Å². The molecule has 1 amide bonds. The Morgan fingerprint density at radius 2 is 1.94 bits per heavy atom. The van der Waals surface area contributed by atoms with Crippen LogP contribution in [0.25, 0.3) is 0 Å². The summed E-state index contributed by atoms with van der Waals surface area (Å²) in [4.78, 5) is 10.6. The van der Waals surface area contributed by atoms with Crippen molar-refractivity contribution >= 4 is 16.0 Å². The maximum atomic E-state index is 11.4. The van der Waals surface area contributed by atoms with Crippen LogP contribution in [0.15, 0.2) is 47.9 Å². The Kier molecular flexibility index (Phi) is 6.54. The number of hydroxylamine groups is 1. The summed E-state index contributed by atoms with van der Waals surface area (Å²) in [6.45, 7) is 3.15. The van der Waals surface area contributed by atoms with Gasteiger partial charge in [0.1, 0.15) is 0 Å². The zero-order valence-electron chi connectivity index (χ0n) is 9.71. The molecule has 1 rings (SSSR count). The van der Waals surface area contributed by atoms with Crippen LogP contribution in [0.3, 0.4) is 0 Å². The number of carbonyl (C=O) groups excluding carboxylic acids is 1. The first-order chi connectivity index (χ1) is 7.06. The van der Waals surface area contributed by atoms with Gasteiger partial charge in [-0.25, -0.2) is 5.48 Å². The van der Waals surface area contributed by atoms with E-state index in [4.69, 9.17) is 0 Å². The largest absolute Gasteiger partial charge is 1.00 e. The van der Waals surface area contributed by atoms with E-state index >= 15 is 0 Å². The van der Waals surface area contributed by atoms with Crippen molar-refractivity contribution in [2.45, 2.75) is 4.90 Å². The first-order valence-corrected chi connectivity index (χ1v) is 5.38. The van der Waals surface area contributed by atoms with Crippen molar-refractivity contribution in [1.82, 2.24) is 5.48 Å². The number of carbonyl (C=O) groups is 1. The fraction of sp³-hybridized carbons (Fsp3) is 0. The molecule has 0 atom stereocenters. The van der Waals surface area contributed by atoms with Crippen molar-refractivity contribution in [3.05, 3.63) is 43.0 Å². The Labute approximate surface area is 117 Å². The molecule has 7 heteroatoms. The molecule has 0 aliphatic carbocycles. The van der Waals surface area contributed by atoms with Crippen molar-refractivity contribution in [2.75, 3.05) is 0 Å². The molecule has 5 nitrogen and oxygen atoms in total. The topological polar surface area (TPSA) is 72.5 Å². The van der Waals surface area contributed by atoms with Crippen LogP contribution in [0.5, 0.6) is 0 Å². The molecule has 0 saturated heterocycles. The van der Waals surface area contributed by atoms with Crippen LogP contribution in [-0.4, -0.2) is 14.3 Å². The standard InChI is InChI=1S/C9H9NO4S.Na.H/c1-2-9(11)10-14-15(12,13)8-6-4-3-5-7-8;;/h2-7H,1H2,(H,10,11);;/q;+1;-1. The summed E-state index contributed by atoms with van der Waals surface area (Å²) in [6, 6.07) is 7.48. The predicted molar refractivity (Wildman–Crippen MR) is 54.2 cm³/mol. The number of nitrogens with one attached hydrogen (secondary N) is 1. The maximum absolute atomic E-state index is 11.4. The third-order valence-electron chi connectivity index (χ3n) is 1.47. The molecule has 0 radical (unpaired) electrons. The third-order valence-corrected chi connectivity index (χ3v) is 2.62. The molecule has 0 unspecified atom stereocenters. The molecule has 0 aliphatic rings. The van der Waals surface area contributed by atoms with Gasteiger partial charge in [-0.15, -0.1) is 4.28 Å². The second-order valence-electron chi connectivity index (χ2n) is 2.52.